The average Bonchev–Trinajstić information content (AvgIpc) is 2.78. The first-order chi connectivity index (χ1) is 9.51. The van der Waals surface area contributed by atoms with E-state index in [0.717, 1.165) is 11.3 Å². The molecule has 0 bridgehead atoms. The molecular formula is C14H17N3O2S. The molecule has 1 heterocycles. The van der Waals surface area contributed by atoms with Gasteiger partial charge in [0.1, 0.15) is 10.6 Å². The lowest BCUT2D eigenvalue weighted by Gasteiger charge is -2.14. The van der Waals surface area contributed by atoms with Crippen molar-refractivity contribution in [1.82, 2.24) is 10.3 Å². The first-order valence-corrected chi connectivity index (χ1v) is 7.00. The molecule has 0 saturated heterocycles. The van der Waals surface area contributed by atoms with E-state index in [1.165, 1.54) is 11.3 Å². The Labute approximate surface area is 121 Å². The Balaban J connectivity index is 2.08. The summed E-state index contributed by atoms with van der Waals surface area (Å²) in [5, 5.41) is 3.35. The van der Waals surface area contributed by atoms with Gasteiger partial charge in [0.25, 0.3) is 5.91 Å². The number of aromatic nitrogens is 1. The van der Waals surface area contributed by atoms with E-state index in [9.17, 15) is 4.79 Å². The Morgan fingerprint density at radius 3 is 2.55 bits per heavy atom. The van der Waals surface area contributed by atoms with Crippen molar-refractivity contribution >= 4 is 22.4 Å². The van der Waals surface area contributed by atoms with Crippen molar-refractivity contribution < 1.29 is 9.53 Å². The number of carbonyl (C=O) groups excluding carboxylic acids is 1. The van der Waals surface area contributed by atoms with Crippen LogP contribution >= 0.6 is 11.3 Å². The van der Waals surface area contributed by atoms with Gasteiger partial charge in [-0.15, -0.1) is 0 Å². The second-order valence-electron chi connectivity index (χ2n) is 4.43. The number of carbonyl (C=O) groups is 1. The Hall–Kier alpha value is -2.08. The Bertz CT molecular complexity index is 607. The van der Waals surface area contributed by atoms with Crippen molar-refractivity contribution in [3.05, 3.63) is 40.4 Å². The smallest absolute Gasteiger partial charge is 0.263 e. The molecule has 1 atom stereocenters. The van der Waals surface area contributed by atoms with Crippen molar-refractivity contribution in [3.8, 4) is 5.75 Å². The van der Waals surface area contributed by atoms with Gasteiger partial charge in [0, 0.05) is 0 Å². The number of hydrogen-bond donors (Lipinski definition) is 2. The van der Waals surface area contributed by atoms with Crippen LogP contribution in [0.4, 0.5) is 5.13 Å². The second-order valence-corrected chi connectivity index (χ2v) is 5.47. The molecule has 0 radical (unpaired) electrons. The normalized spacial score (nSPS) is 11.9. The van der Waals surface area contributed by atoms with Crippen molar-refractivity contribution in [2.45, 2.75) is 19.9 Å². The number of nitrogens with zero attached hydrogens (tertiary/aromatic N) is 1. The van der Waals surface area contributed by atoms with Crippen LogP contribution < -0.4 is 15.8 Å². The molecule has 2 aromatic rings. The van der Waals surface area contributed by atoms with Gasteiger partial charge in [-0.1, -0.05) is 23.5 Å². The third-order valence-electron chi connectivity index (χ3n) is 2.98. The molecule has 0 saturated carbocycles. The summed E-state index contributed by atoms with van der Waals surface area (Å²) in [4.78, 5) is 16.8. The summed E-state index contributed by atoms with van der Waals surface area (Å²) in [6.07, 6.45) is 0. The molecule has 1 unspecified atom stereocenters. The highest BCUT2D eigenvalue weighted by Gasteiger charge is 2.16. The number of anilines is 1. The first kappa shape index (κ1) is 14.3. The number of thiazole rings is 1. The molecule has 2 rings (SSSR count). The maximum absolute atomic E-state index is 12.2. The maximum atomic E-state index is 12.2. The SMILES string of the molecule is COc1ccc(C(C)NC(=O)c2sc(N)nc2C)cc1. The minimum atomic E-state index is -0.153. The molecule has 0 aliphatic heterocycles. The lowest BCUT2D eigenvalue weighted by atomic mass is 10.1. The number of hydrogen-bond acceptors (Lipinski definition) is 5. The zero-order chi connectivity index (χ0) is 14.7. The van der Waals surface area contributed by atoms with E-state index in [1.807, 2.05) is 31.2 Å². The van der Waals surface area contributed by atoms with Crippen LogP contribution in [0, 0.1) is 6.92 Å². The van der Waals surface area contributed by atoms with Crippen molar-refractivity contribution in [2.75, 3.05) is 12.8 Å². The summed E-state index contributed by atoms with van der Waals surface area (Å²) in [5.74, 6) is 0.637. The average molecular weight is 291 g/mol. The highest BCUT2D eigenvalue weighted by Crippen LogP contribution is 2.22. The number of nitrogen functional groups attached to an aromatic ring is 1. The topological polar surface area (TPSA) is 77.2 Å². The molecule has 106 valence electrons. The third-order valence-corrected chi connectivity index (χ3v) is 3.97. The van der Waals surface area contributed by atoms with Gasteiger partial charge in [-0.3, -0.25) is 4.79 Å². The molecule has 0 aliphatic rings. The van der Waals surface area contributed by atoms with Crippen LogP contribution in [0.1, 0.15) is 33.9 Å². The largest absolute Gasteiger partial charge is 0.497 e. The lowest BCUT2D eigenvalue weighted by molar-refractivity contribution is 0.0943. The van der Waals surface area contributed by atoms with E-state index in [2.05, 4.69) is 10.3 Å². The summed E-state index contributed by atoms with van der Waals surface area (Å²) < 4.78 is 5.11. The Kier molecular flexibility index (Phi) is 4.24. The number of ether oxygens (including phenoxy) is 1. The Morgan fingerprint density at radius 1 is 1.40 bits per heavy atom. The lowest BCUT2D eigenvalue weighted by Crippen LogP contribution is -2.26. The van der Waals surface area contributed by atoms with Crippen molar-refractivity contribution in [3.63, 3.8) is 0 Å². The summed E-state index contributed by atoms with van der Waals surface area (Å²) in [5.41, 5.74) is 7.27. The van der Waals surface area contributed by atoms with Gasteiger partial charge in [0.05, 0.1) is 18.8 Å². The fourth-order valence-corrected chi connectivity index (χ4v) is 2.60. The number of aryl methyl sites for hydroxylation is 1. The molecule has 5 nitrogen and oxygen atoms in total. The maximum Gasteiger partial charge on any atom is 0.263 e. The van der Waals surface area contributed by atoms with Gasteiger partial charge in [-0.25, -0.2) is 4.98 Å². The molecule has 20 heavy (non-hydrogen) atoms. The van der Waals surface area contributed by atoms with Gasteiger partial charge in [0.15, 0.2) is 5.13 Å². The third kappa shape index (κ3) is 3.08. The minimum Gasteiger partial charge on any atom is -0.497 e. The van der Waals surface area contributed by atoms with E-state index in [0.29, 0.717) is 15.7 Å². The molecule has 1 aromatic heterocycles. The van der Waals surface area contributed by atoms with Gasteiger partial charge in [0.2, 0.25) is 0 Å². The number of benzene rings is 1. The van der Waals surface area contributed by atoms with Gasteiger partial charge in [-0.2, -0.15) is 0 Å². The first-order valence-electron chi connectivity index (χ1n) is 6.19. The number of nitrogens with one attached hydrogen (secondary N) is 1. The predicted octanol–water partition coefficient (Wildman–Crippen LogP) is 2.53. The minimum absolute atomic E-state index is 0.101. The Morgan fingerprint density at radius 2 is 2.05 bits per heavy atom. The van der Waals surface area contributed by atoms with E-state index >= 15 is 0 Å². The van der Waals surface area contributed by atoms with Crippen LogP contribution in [0.3, 0.4) is 0 Å². The summed E-state index contributed by atoms with van der Waals surface area (Å²) >= 11 is 1.20. The van der Waals surface area contributed by atoms with Crippen molar-refractivity contribution in [2.24, 2.45) is 0 Å². The summed E-state index contributed by atoms with van der Waals surface area (Å²) in [6.45, 7) is 3.71. The van der Waals surface area contributed by atoms with Crippen LogP contribution in [0.25, 0.3) is 0 Å². The fraction of sp³-hybridized carbons (Fsp3) is 0.286. The van der Waals surface area contributed by atoms with Gasteiger partial charge >= 0.3 is 0 Å². The number of nitrogens with two attached hydrogens (primary N) is 1. The molecule has 0 fully saturated rings. The van der Waals surface area contributed by atoms with E-state index in [1.54, 1.807) is 14.0 Å². The van der Waals surface area contributed by atoms with E-state index in [-0.39, 0.29) is 11.9 Å². The summed E-state index contributed by atoms with van der Waals surface area (Å²) in [7, 11) is 1.62. The zero-order valence-corrected chi connectivity index (χ0v) is 12.5. The highest BCUT2D eigenvalue weighted by molar-refractivity contribution is 7.17. The van der Waals surface area contributed by atoms with Crippen LogP contribution in [0.2, 0.25) is 0 Å². The van der Waals surface area contributed by atoms with E-state index in [4.69, 9.17) is 10.5 Å². The quantitative estimate of drug-likeness (QED) is 0.907. The molecular weight excluding hydrogens is 274 g/mol. The molecule has 1 aromatic carbocycles. The van der Waals surface area contributed by atoms with Crippen LogP contribution in [0.15, 0.2) is 24.3 Å². The molecule has 3 N–H and O–H groups in total. The summed E-state index contributed by atoms with van der Waals surface area (Å²) in [6, 6.07) is 7.49. The monoisotopic (exact) mass is 291 g/mol. The highest BCUT2D eigenvalue weighted by atomic mass is 32.1. The standard InChI is InChI=1S/C14H17N3O2S/c1-8(10-4-6-11(19-3)7-5-10)16-13(18)12-9(2)17-14(15)20-12/h4-8H,1-3H3,(H2,15,17)(H,16,18). The number of rotatable bonds is 4. The van der Waals surface area contributed by atoms with Crippen LogP contribution in [-0.2, 0) is 0 Å². The zero-order valence-electron chi connectivity index (χ0n) is 11.6. The molecule has 0 spiro atoms. The van der Waals surface area contributed by atoms with Gasteiger partial charge < -0.3 is 15.8 Å². The van der Waals surface area contributed by atoms with Gasteiger partial charge in [-0.05, 0) is 31.5 Å². The van der Waals surface area contributed by atoms with Crippen LogP contribution in [0.5, 0.6) is 5.75 Å². The number of amides is 1. The van der Waals surface area contributed by atoms with Crippen LogP contribution in [-0.4, -0.2) is 18.0 Å². The molecule has 1 amide bonds. The molecule has 0 aliphatic carbocycles. The second kappa shape index (κ2) is 5.92. The van der Waals surface area contributed by atoms with Crippen molar-refractivity contribution in [1.29, 1.82) is 0 Å². The fourth-order valence-electron chi connectivity index (χ4n) is 1.87. The van der Waals surface area contributed by atoms with E-state index < -0.39 is 0 Å². The molecule has 6 heteroatoms. The predicted molar refractivity (Wildman–Crippen MR) is 80.1 cm³/mol. The number of methoxy groups -OCH3 is 1.